The molecule has 1 heterocycles. The van der Waals surface area contributed by atoms with Crippen LogP contribution in [0.5, 0.6) is 0 Å². The maximum atomic E-state index is 5.73. The molecule has 0 unspecified atom stereocenters. The van der Waals surface area contributed by atoms with E-state index in [0.29, 0.717) is 12.0 Å². The third kappa shape index (κ3) is 1.43. The Balaban J connectivity index is 1.76. The monoisotopic (exact) mass is 245 g/mol. The minimum atomic E-state index is 0.406. The Kier molecular flexibility index (Phi) is 2.20. The van der Waals surface area contributed by atoms with Gasteiger partial charge >= 0.3 is 0 Å². The van der Waals surface area contributed by atoms with Gasteiger partial charge in [0.1, 0.15) is 5.82 Å². The predicted molar refractivity (Wildman–Crippen MR) is 71.1 cm³/mol. The van der Waals surface area contributed by atoms with E-state index in [0.717, 1.165) is 23.6 Å². The van der Waals surface area contributed by atoms with Crippen LogP contribution in [0.2, 0.25) is 0 Å². The lowest BCUT2D eigenvalue weighted by molar-refractivity contribution is -0.00735. The summed E-state index contributed by atoms with van der Waals surface area (Å²) in [4.78, 5) is 8.22. The lowest BCUT2D eigenvalue weighted by Crippen LogP contribution is -2.49. The first-order valence-electron chi connectivity index (χ1n) is 7.44. The van der Waals surface area contributed by atoms with Crippen molar-refractivity contribution in [1.29, 1.82) is 0 Å². The van der Waals surface area contributed by atoms with E-state index in [1.807, 2.05) is 0 Å². The fourth-order valence-electron chi connectivity index (χ4n) is 5.54. The Morgan fingerprint density at radius 1 is 1.17 bits per heavy atom. The second-order valence-electron chi connectivity index (χ2n) is 7.06. The zero-order chi connectivity index (χ0) is 12.3. The number of nitrogens with two attached hydrogens (primary N) is 1. The first kappa shape index (κ1) is 11.0. The summed E-state index contributed by atoms with van der Waals surface area (Å²) in [6, 6.07) is 0. The molecule has 0 spiro atoms. The van der Waals surface area contributed by atoms with Crippen molar-refractivity contribution in [3.8, 4) is 0 Å². The average molecular weight is 245 g/mol. The lowest BCUT2D eigenvalue weighted by atomic mass is 9.48. The highest BCUT2D eigenvalue weighted by molar-refractivity contribution is 5.28. The van der Waals surface area contributed by atoms with Crippen molar-refractivity contribution < 1.29 is 0 Å². The smallest absolute Gasteiger partial charge is 0.120 e. The van der Waals surface area contributed by atoms with Crippen molar-refractivity contribution in [1.82, 2.24) is 9.97 Å². The van der Waals surface area contributed by atoms with Crippen LogP contribution in [-0.4, -0.2) is 9.97 Å². The summed E-state index contributed by atoms with van der Waals surface area (Å²) in [5.74, 6) is 3.91. The van der Waals surface area contributed by atoms with Gasteiger partial charge in [-0.3, -0.25) is 0 Å². The number of nitrogens with zero attached hydrogens (tertiary/aromatic N) is 1. The molecule has 18 heavy (non-hydrogen) atoms. The molecule has 4 aliphatic carbocycles. The summed E-state index contributed by atoms with van der Waals surface area (Å²) < 4.78 is 0. The van der Waals surface area contributed by atoms with E-state index in [1.165, 1.54) is 49.9 Å². The Hall–Kier alpha value is -0.830. The van der Waals surface area contributed by atoms with E-state index >= 15 is 0 Å². The van der Waals surface area contributed by atoms with E-state index in [2.05, 4.69) is 11.9 Å². The molecule has 0 saturated heterocycles. The van der Waals surface area contributed by atoms with Gasteiger partial charge in [0.25, 0.3) is 0 Å². The summed E-state index contributed by atoms with van der Waals surface area (Å²) in [6.45, 7) is 2.72. The number of imidazole rings is 1. The molecule has 0 aliphatic heterocycles. The van der Waals surface area contributed by atoms with Crippen LogP contribution < -0.4 is 5.73 Å². The van der Waals surface area contributed by atoms with Crippen molar-refractivity contribution in [3.63, 3.8) is 0 Å². The van der Waals surface area contributed by atoms with Gasteiger partial charge in [-0.15, -0.1) is 0 Å². The van der Waals surface area contributed by atoms with Crippen LogP contribution in [0.25, 0.3) is 0 Å². The fraction of sp³-hybridized carbons (Fsp3) is 0.800. The second kappa shape index (κ2) is 3.60. The highest BCUT2D eigenvalue weighted by Crippen LogP contribution is 2.60. The Morgan fingerprint density at radius 3 is 2.17 bits per heavy atom. The first-order valence-corrected chi connectivity index (χ1v) is 7.44. The molecule has 3 nitrogen and oxygen atoms in total. The van der Waals surface area contributed by atoms with Crippen molar-refractivity contribution in [3.05, 3.63) is 17.2 Å². The molecule has 0 radical (unpaired) electrons. The van der Waals surface area contributed by atoms with Gasteiger partial charge in [-0.1, -0.05) is 0 Å². The number of H-pyrrole nitrogens is 1. The summed E-state index contributed by atoms with van der Waals surface area (Å²) in [5.41, 5.74) is 8.77. The average Bonchev–Trinajstić information content (AvgIpc) is 2.69. The number of aromatic amines is 1. The molecular formula is C15H23N3. The molecule has 3 N–H and O–H groups in total. The van der Waals surface area contributed by atoms with Crippen molar-refractivity contribution >= 4 is 0 Å². The number of aryl methyl sites for hydroxylation is 1. The van der Waals surface area contributed by atoms with Crippen LogP contribution in [0.4, 0.5) is 0 Å². The maximum Gasteiger partial charge on any atom is 0.120 e. The topological polar surface area (TPSA) is 54.7 Å². The summed E-state index contributed by atoms with van der Waals surface area (Å²) in [6.07, 6.45) is 8.63. The van der Waals surface area contributed by atoms with E-state index in [4.69, 9.17) is 10.7 Å². The Morgan fingerprint density at radius 2 is 1.72 bits per heavy atom. The largest absolute Gasteiger partial charge is 0.345 e. The van der Waals surface area contributed by atoms with Gasteiger partial charge in [-0.05, 0) is 63.2 Å². The fourth-order valence-corrected chi connectivity index (χ4v) is 5.54. The van der Waals surface area contributed by atoms with Crippen molar-refractivity contribution in [2.45, 2.75) is 57.4 Å². The van der Waals surface area contributed by atoms with Gasteiger partial charge in [0, 0.05) is 11.1 Å². The molecule has 4 saturated carbocycles. The molecule has 5 rings (SSSR count). The summed E-state index contributed by atoms with van der Waals surface area (Å²) >= 11 is 0. The van der Waals surface area contributed by atoms with Gasteiger partial charge in [-0.2, -0.15) is 0 Å². The number of rotatable bonds is 2. The van der Waals surface area contributed by atoms with Gasteiger partial charge in [0.15, 0.2) is 0 Å². The van der Waals surface area contributed by atoms with Crippen LogP contribution in [0.3, 0.4) is 0 Å². The highest BCUT2D eigenvalue weighted by atomic mass is 15.0. The quantitative estimate of drug-likeness (QED) is 0.841. The van der Waals surface area contributed by atoms with E-state index in [-0.39, 0.29) is 0 Å². The molecule has 0 aromatic carbocycles. The lowest BCUT2D eigenvalue weighted by Gasteiger charge is -2.56. The third-order valence-electron chi connectivity index (χ3n) is 5.67. The second-order valence-corrected chi connectivity index (χ2v) is 7.06. The van der Waals surface area contributed by atoms with E-state index in [1.54, 1.807) is 0 Å². The minimum Gasteiger partial charge on any atom is -0.345 e. The SMILES string of the molecule is Cc1[nH]c(CN)nc1C12CC3CC(CC(C3)C1)C2. The van der Waals surface area contributed by atoms with Crippen LogP contribution in [-0.2, 0) is 12.0 Å². The minimum absolute atomic E-state index is 0.406. The Labute approximate surface area is 109 Å². The van der Waals surface area contributed by atoms with Gasteiger partial charge in [-0.25, -0.2) is 4.98 Å². The number of aromatic nitrogens is 2. The van der Waals surface area contributed by atoms with Gasteiger partial charge < -0.3 is 10.7 Å². The van der Waals surface area contributed by atoms with Crippen LogP contribution >= 0.6 is 0 Å². The summed E-state index contributed by atoms with van der Waals surface area (Å²) in [5, 5.41) is 0. The molecule has 3 heteroatoms. The third-order valence-corrected chi connectivity index (χ3v) is 5.67. The number of hydrogen-bond acceptors (Lipinski definition) is 2. The zero-order valence-electron chi connectivity index (χ0n) is 11.2. The number of nitrogens with one attached hydrogen (secondary N) is 1. The van der Waals surface area contributed by atoms with Gasteiger partial charge in [0.05, 0.1) is 12.2 Å². The normalized spacial score (nSPS) is 41.6. The van der Waals surface area contributed by atoms with Crippen LogP contribution in [0.1, 0.15) is 55.7 Å². The molecule has 0 amide bonds. The highest BCUT2D eigenvalue weighted by Gasteiger charge is 2.53. The van der Waals surface area contributed by atoms with E-state index in [9.17, 15) is 0 Å². The first-order chi connectivity index (χ1) is 8.68. The molecule has 4 fully saturated rings. The molecule has 1 aromatic heterocycles. The molecule has 98 valence electrons. The Bertz CT molecular complexity index is 439. The predicted octanol–water partition coefficient (Wildman–Crippen LogP) is 2.64. The molecular weight excluding hydrogens is 222 g/mol. The van der Waals surface area contributed by atoms with E-state index < -0.39 is 0 Å². The van der Waals surface area contributed by atoms with Gasteiger partial charge in [0.2, 0.25) is 0 Å². The standard InChI is InChI=1S/C15H23N3/c1-9-14(18-13(8-16)17-9)15-5-10-2-11(6-15)4-12(3-10)7-15/h10-12H,2-8,16H2,1H3,(H,17,18). The van der Waals surface area contributed by atoms with Crippen molar-refractivity contribution in [2.75, 3.05) is 0 Å². The maximum absolute atomic E-state index is 5.73. The zero-order valence-corrected chi connectivity index (χ0v) is 11.2. The van der Waals surface area contributed by atoms with Crippen molar-refractivity contribution in [2.24, 2.45) is 23.5 Å². The molecule has 4 bridgehead atoms. The molecule has 1 aromatic rings. The summed E-state index contributed by atoms with van der Waals surface area (Å²) in [7, 11) is 0. The molecule has 4 aliphatic rings. The van der Waals surface area contributed by atoms with Crippen LogP contribution in [0.15, 0.2) is 0 Å². The number of hydrogen-bond donors (Lipinski definition) is 2. The molecule has 0 atom stereocenters. The van der Waals surface area contributed by atoms with Crippen LogP contribution in [0, 0.1) is 24.7 Å².